The van der Waals surface area contributed by atoms with Gasteiger partial charge in [0.25, 0.3) is 0 Å². The molecular weight excluding hydrogens is 318 g/mol. The van der Waals surface area contributed by atoms with Gasteiger partial charge in [0.1, 0.15) is 15.9 Å². The van der Waals surface area contributed by atoms with Crippen molar-refractivity contribution in [3.05, 3.63) is 48.0 Å². The van der Waals surface area contributed by atoms with Crippen LogP contribution in [0.15, 0.2) is 46.9 Å². The fourth-order valence-corrected chi connectivity index (χ4v) is 3.81. The molecule has 0 aliphatic rings. The lowest BCUT2D eigenvalue weighted by Gasteiger charge is -2.30. The third-order valence-corrected chi connectivity index (χ3v) is 5.80. The zero-order valence-electron chi connectivity index (χ0n) is 14.9. The van der Waals surface area contributed by atoms with E-state index in [-0.39, 0.29) is 10.8 Å². The number of furan rings is 1. The first-order chi connectivity index (χ1) is 11.3. The highest BCUT2D eigenvalue weighted by Crippen LogP contribution is 2.33. The summed E-state index contributed by atoms with van der Waals surface area (Å²) in [6.07, 6.45) is 0. The molecule has 0 saturated carbocycles. The zero-order valence-corrected chi connectivity index (χ0v) is 15.7. The molecule has 0 fully saturated rings. The van der Waals surface area contributed by atoms with Crippen LogP contribution in [0.1, 0.15) is 46.2 Å². The van der Waals surface area contributed by atoms with E-state index in [9.17, 15) is 4.55 Å². The molecule has 1 aromatic heterocycles. The molecule has 0 amide bonds. The maximum absolute atomic E-state index is 12.6. The summed E-state index contributed by atoms with van der Waals surface area (Å²) in [5, 5.41) is 2.23. The minimum absolute atomic E-state index is 0.0307. The third kappa shape index (κ3) is 3.32. The topological polar surface area (TPSA) is 48.2 Å². The maximum atomic E-state index is 12.6. The summed E-state index contributed by atoms with van der Waals surface area (Å²) in [6, 6.07) is 14.4. The van der Waals surface area contributed by atoms with Gasteiger partial charge in [-0.2, -0.15) is 0 Å². The number of para-hydroxylation sites is 1. The Morgan fingerprint density at radius 1 is 1.00 bits per heavy atom. The van der Waals surface area contributed by atoms with Crippen LogP contribution in [0.4, 0.5) is 0 Å². The van der Waals surface area contributed by atoms with Gasteiger partial charge < -0.3 is 8.97 Å². The average Bonchev–Trinajstić information content (AvgIpc) is 2.88. The number of benzene rings is 2. The number of rotatable bonds is 4. The highest BCUT2D eigenvalue weighted by molar-refractivity contribution is 7.90. The largest absolute Gasteiger partial charge is 0.598 e. The smallest absolute Gasteiger partial charge is 0.136 e. The van der Waals surface area contributed by atoms with Gasteiger partial charge in [0.2, 0.25) is 0 Å². The second-order valence-electron chi connectivity index (χ2n) is 7.57. The standard InChI is InChI=1S/C20H25NO2S/c1-13(2)19(21-24(22)20(3,4)5)14-10-11-18-16(12-14)15-8-6-7-9-17(15)23-18/h6-13,19,21H,1-5H3/t19?,24-/m1/s1. The Balaban J connectivity index is 2.03. The number of fused-ring (bicyclic) bond motifs is 3. The molecule has 0 radical (unpaired) electrons. The molecule has 0 aliphatic heterocycles. The van der Waals surface area contributed by atoms with E-state index in [0.717, 1.165) is 27.5 Å². The fourth-order valence-electron chi connectivity index (χ4n) is 2.82. The van der Waals surface area contributed by atoms with E-state index in [1.54, 1.807) is 0 Å². The molecule has 3 nitrogen and oxygen atoms in total. The van der Waals surface area contributed by atoms with Crippen molar-refractivity contribution in [2.24, 2.45) is 5.92 Å². The fraction of sp³-hybridized carbons (Fsp3) is 0.400. The molecule has 2 aromatic carbocycles. The van der Waals surface area contributed by atoms with E-state index in [1.165, 1.54) is 0 Å². The van der Waals surface area contributed by atoms with E-state index in [4.69, 9.17) is 4.42 Å². The van der Waals surface area contributed by atoms with Crippen LogP contribution in [0, 0.1) is 5.92 Å². The van der Waals surface area contributed by atoms with Gasteiger partial charge in [-0.05, 0) is 50.5 Å². The van der Waals surface area contributed by atoms with Crippen LogP contribution < -0.4 is 4.72 Å². The Morgan fingerprint density at radius 2 is 1.67 bits per heavy atom. The van der Waals surface area contributed by atoms with E-state index in [1.807, 2.05) is 45.0 Å². The molecule has 1 N–H and O–H groups in total. The molecule has 0 spiro atoms. The van der Waals surface area contributed by atoms with Gasteiger partial charge in [0.05, 0.1) is 6.04 Å². The highest BCUT2D eigenvalue weighted by Gasteiger charge is 2.31. The van der Waals surface area contributed by atoms with Crippen molar-refractivity contribution in [1.29, 1.82) is 0 Å². The summed E-state index contributed by atoms with van der Waals surface area (Å²) in [4.78, 5) is 0. The van der Waals surface area contributed by atoms with E-state index < -0.39 is 11.4 Å². The van der Waals surface area contributed by atoms with Gasteiger partial charge in [0, 0.05) is 22.1 Å². The lowest BCUT2D eigenvalue weighted by Crippen LogP contribution is -2.42. The highest BCUT2D eigenvalue weighted by atomic mass is 32.2. The molecule has 1 heterocycles. The summed E-state index contributed by atoms with van der Waals surface area (Å²) < 4.78 is 21.5. The predicted octanol–water partition coefficient (Wildman–Crippen LogP) is 5.33. The van der Waals surface area contributed by atoms with Gasteiger partial charge in [-0.15, -0.1) is 4.72 Å². The van der Waals surface area contributed by atoms with Gasteiger partial charge in [-0.3, -0.25) is 0 Å². The van der Waals surface area contributed by atoms with Gasteiger partial charge in [-0.25, -0.2) is 0 Å². The van der Waals surface area contributed by atoms with Gasteiger partial charge >= 0.3 is 0 Å². The van der Waals surface area contributed by atoms with Crippen molar-refractivity contribution in [3.63, 3.8) is 0 Å². The number of nitrogens with one attached hydrogen (secondary N) is 1. The Morgan fingerprint density at radius 3 is 2.33 bits per heavy atom. The predicted molar refractivity (Wildman–Crippen MR) is 102 cm³/mol. The van der Waals surface area contributed by atoms with Gasteiger partial charge in [0.15, 0.2) is 0 Å². The van der Waals surface area contributed by atoms with Crippen LogP contribution in [0.2, 0.25) is 0 Å². The first kappa shape index (κ1) is 17.3. The maximum Gasteiger partial charge on any atom is 0.136 e. The third-order valence-electron chi connectivity index (χ3n) is 4.22. The van der Waals surface area contributed by atoms with E-state index in [2.05, 4.69) is 36.8 Å². The molecule has 3 rings (SSSR count). The average molecular weight is 343 g/mol. The molecule has 0 aliphatic carbocycles. The van der Waals surface area contributed by atoms with Crippen molar-refractivity contribution in [2.45, 2.75) is 45.4 Å². The molecule has 1 unspecified atom stereocenters. The molecule has 4 heteroatoms. The molecule has 128 valence electrons. The second-order valence-corrected chi connectivity index (χ2v) is 9.57. The molecule has 2 atom stereocenters. The molecule has 0 saturated heterocycles. The molecule has 0 bridgehead atoms. The van der Waals surface area contributed by atoms with Crippen LogP contribution in [0.5, 0.6) is 0 Å². The molecular formula is C20H25NO2S. The van der Waals surface area contributed by atoms with Gasteiger partial charge in [-0.1, -0.05) is 38.1 Å². The van der Waals surface area contributed by atoms with Crippen molar-refractivity contribution >= 4 is 33.3 Å². The zero-order chi connectivity index (χ0) is 17.5. The van der Waals surface area contributed by atoms with Crippen LogP contribution >= 0.6 is 0 Å². The van der Waals surface area contributed by atoms with Crippen molar-refractivity contribution in [1.82, 2.24) is 4.72 Å². The van der Waals surface area contributed by atoms with Crippen LogP contribution in [-0.2, 0) is 11.4 Å². The number of hydrogen-bond donors (Lipinski definition) is 1. The Labute approximate surface area is 146 Å². The number of hydrogen-bond acceptors (Lipinski definition) is 3. The normalized spacial score (nSPS) is 15.3. The van der Waals surface area contributed by atoms with E-state index in [0.29, 0.717) is 5.92 Å². The lowest BCUT2D eigenvalue weighted by atomic mass is 9.96. The second kappa shape index (κ2) is 6.43. The first-order valence-electron chi connectivity index (χ1n) is 8.36. The SMILES string of the molecule is CC(C)C(N[S@+]([O-])C(C)(C)C)c1ccc2oc3ccccc3c2c1. The summed E-state index contributed by atoms with van der Waals surface area (Å²) in [5.74, 6) is 0.326. The van der Waals surface area contributed by atoms with Crippen LogP contribution in [0.25, 0.3) is 21.9 Å². The van der Waals surface area contributed by atoms with E-state index >= 15 is 0 Å². The Kier molecular flexibility index (Phi) is 4.65. The minimum Gasteiger partial charge on any atom is -0.598 e. The Bertz CT molecular complexity index is 848. The lowest BCUT2D eigenvalue weighted by molar-refractivity contribution is 0.452. The molecule has 3 aromatic rings. The van der Waals surface area contributed by atoms with Crippen LogP contribution in [-0.4, -0.2) is 9.30 Å². The molecule has 24 heavy (non-hydrogen) atoms. The summed E-state index contributed by atoms with van der Waals surface area (Å²) in [5.41, 5.74) is 2.93. The van der Waals surface area contributed by atoms with Crippen molar-refractivity contribution in [3.8, 4) is 0 Å². The Hall–Kier alpha value is -1.49. The monoisotopic (exact) mass is 343 g/mol. The summed E-state index contributed by atoms with van der Waals surface area (Å²) in [7, 11) is 0. The van der Waals surface area contributed by atoms with Crippen LogP contribution in [0.3, 0.4) is 0 Å². The minimum atomic E-state index is -1.11. The summed E-state index contributed by atoms with van der Waals surface area (Å²) in [6.45, 7) is 10.3. The van der Waals surface area contributed by atoms with Crippen molar-refractivity contribution < 1.29 is 8.97 Å². The summed E-state index contributed by atoms with van der Waals surface area (Å²) >= 11 is -1.11. The first-order valence-corrected chi connectivity index (χ1v) is 9.51. The quantitative estimate of drug-likeness (QED) is 0.651. The van der Waals surface area contributed by atoms with Crippen molar-refractivity contribution in [2.75, 3.05) is 0 Å².